The number of benzene rings is 1. The fourth-order valence-corrected chi connectivity index (χ4v) is 4.18. The van der Waals surface area contributed by atoms with Gasteiger partial charge >= 0.3 is 0 Å². The van der Waals surface area contributed by atoms with E-state index in [2.05, 4.69) is 28.4 Å². The quantitative estimate of drug-likeness (QED) is 0.358. The van der Waals surface area contributed by atoms with Crippen LogP contribution in [0.15, 0.2) is 35.6 Å². The van der Waals surface area contributed by atoms with Crippen molar-refractivity contribution >= 4 is 35.6 Å². The number of hydrogen-bond acceptors (Lipinski definition) is 4. The first-order valence-corrected chi connectivity index (χ1v) is 10.8. The van der Waals surface area contributed by atoms with Crippen molar-refractivity contribution in [2.75, 3.05) is 50.8 Å². The standard InChI is InChI=1S/C22H31FN6O.HI/c1-3-24-22(29-7-6-18(16-29)19-14-26-27(2)15-19)25-13-17-4-5-21(20(23)12-17)28-8-10-30-11-9-28;/h4-5,12,14-15,18H,3,6-11,13,16H2,1-2H3,(H,24,25);1H. The van der Waals surface area contributed by atoms with Gasteiger partial charge in [-0.15, -0.1) is 24.0 Å². The molecule has 7 nitrogen and oxygen atoms in total. The van der Waals surface area contributed by atoms with Crippen molar-refractivity contribution < 1.29 is 9.13 Å². The minimum absolute atomic E-state index is 0. The van der Waals surface area contributed by atoms with E-state index >= 15 is 0 Å². The number of likely N-dealkylation sites (tertiary alicyclic amines) is 1. The lowest BCUT2D eigenvalue weighted by Gasteiger charge is -2.29. The molecule has 0 aliphatic carbocycles. The number of ether oxygens (including phenoxy) is 1. The molecule has 0 amide bonds. The monoisotopic (exact) mass is 542 g/mol. The molecule has 3 heterocycles. The summed E-state index contributed by atoms with van der Waals surface area (Å²) in [6.45, 7) is 7.95. The summed E-state index contributed by atoms with van der Waals surface area (Å²) in [6, 6.07) is 5.45. The first-order valence-electron chi connectivity index (χ1n) is 10.8. The minimum atomic E-state index is -0.188. The summed E-state index contributed by atoms with van der Waals surface area (Å²) in [6.07, 6.45) is 5.13. The van der Waals surface area contributed by atoms with Gasteiger partial charge in [-0.05, 0) is 36.6 Å². The Morgan fingerprint density at radius 2 is 2.10 bits per heavy atom. The number of aliphatic imine (C=N–C) groups is 1. The van der Waals surface area contributed by atoms with Crippen molar-refractivity contribution in [2.45, 2.75) is 25.8 Å². The zero-order chi connectivity index (χ0) is 20.9. The summed E-state index contributed by atoms with van der Waals surface area (Å²) < 4.78 is 21.9. The fraction of sp³-hybridized carbons (Fsp3) is 0.545. The smallest absolute Gasteiger partial charge is 0.194 e. The molecule has 2 aliphatic heterocycles. The van der Waals surface area contributed by atoms with E-state index in [9.17, 15) is 4.39 Å². The van der Waals surface area contributed by atoms with Crippen LogP contribution in [-0.4, -0.2) is 66.6 Å². The van der Waals surface area contributed by atoms with Crippen LogP contribution in [0.5, 0.6) is 0 Å². The van der Waals surface area contributed by atoms with Gasteiger partial charge in [0.25, 0.3) is 0 Å². The van der Waals surface area contributed by atoms with Crippen molar-refractivity contribution in [3.8, 4) is 0 Å². The van der Waals surface area contributed by atoms with E-state index in [0.717, 1.165) is 50.7 Å². The van der Waals surface area contributed by atoms with Gasteiger partial charge < -0.3 is 19.9 Å². The van der Waals surface area contributed by atoms with E-state index in [-0.39, 0.29) is 29.8 Å². The molecular formula is C22H32FIN6O. The molecule has 1 unspecified atom stereocenters. The van der Waals surface area contributed by atoms with Crippen molar-refractivity contribution in [2.24, 2.45) is 12.0 Å². The van der Waals surface area contributed by atoms with Crippen LogP contribution < -0.4 is 10.2 Å². The highest BCUT2D eigenvalue weighted by atomic mass is 127. The van der Waals surface area contributed by atoms with E-state index in [4.69, 9.17) is 9.73 Å². The Morgan fingerprint density at radius 1 is 1.29 bits per heavy atom. The van der Waals surface area contributed by atoms with E-state index in [0.29, 0.717) is 31.4 Å². The second-order valence-electron chi connectivity index (χ2n) is 7.93. The van der Waals surface area contributed by atoms with Gasteiger partial charge in [-0.1, -0.05) is 6.07 Å². The minimum Gasteiger partial charge on any atom is -0.378 e. The molecule has 1 N–H and O–H groups in total. The highest BCUT2D eigenvalue weighted by molar-refractivity contribution is 14.0. The first-order chi connectivity index (χ1) is 14.6. The molecule has 9 heteroatoms. The van der Waals surface area contributed by atoms with E-state index in [1.807, 2.05) is 35.0 Å². The highest BCUT2D eigenvalue weighted by Crippen LogP contribution is 2.27. The van der Waals surface area contributed by atoms with Gasteiger partial charge in [0.05, 0.1) is 31.6 Å². The number of nitrogens with one attached hydrogen (secondary N) is 1. The van der Waals surface area contributed by atoms with Gasteiger partial charge in [0.2, 0.25) is 0 Å². The maximum atomic E-state index is 14.7. The number of nitrogens with zero attached hydrogens (tertiary/aromatic N) is 5. The zero-order valence-electron chi connectivity index (χ0n) is 18.3. The molecule has 170 valence electrons. The van der Waals surface area contributed by atoms with Crippen LogP contribution in [0.1, 0.15) is 30.4 Å². The zero-order valence-corrected chi connectivity index (χ0v) is 20.6. The molecule has 0 radical (unpaired) electrons. The van der Waals surface area contributed by atoms with Gasteiger partial charge in [-0.25, -0.2) is 9.38 Å². The molecule has 0 spiro atoms. The Hall–Kier alpha value is -1.88. The predicted molar refractivity (Wildman–Crippen MR) is 132 cm³/mol. The van der Waals surface area contributed by atoms with Crippen molar-refractivity contribution in [1.82, 2.24) is 20.0 Å². The Labute approximate surface area is 200 Å². The molecule has 2 aromatic rings. The molecule has 1 aromatic carbocycles. The second-order valence-corrected chi connectivity index (χ2v) is 7.93. The van der Waals surface area contributed by atoms with Gasteiger partial charge in [0, 0.05) is 51.9 Å². The fourth-order valence-electron chi connectivity index (χ4n) is 4.18. The molecule has 4 rings (SSSR count). The van der Waals surface area contributed by atoms with Crippen LogP contribution in [0.2, 0.25) is 0 Å². The molecule has 0 bridgehead atoms. The number of aromatic nitrogens is 2. The number of aryl methyl sites for hydroxylation is 1. The van der Waals surface area contributed by atoms with Crippen molar-refractivity contribution in [3.63, 3.8) is 0 Å². The average molecular weight is 542 g/mol. The Balaban J connectivity index is 0.00000272. The van der Waals surface area contributed by atoms with Gasteiger partial charge in [-0.2, -0.15) is 5.10 Å². The molecule has 2 aliphatic rings. The van der Waals surface area contributed by atoms with Crippen LogP contribution >= 0.6 is 24.0 Å². The number of anilines is 1. The predicted octanol–water partition coefficient (Wildman–Crippen LogP) is 2.97. The summed E-state index contributed by atoms with van der Waals surface area (Å²) in [5, 5.41) is 7.69. The van der Waals surface area contributed by atoms with Crippen LogP contribution in [-0.2, 0) is 18.3 Å². The topological polar surface area (TPSA) is 57.9 Å². The Morgan fingerprint density at radius 3 is 2.77 bits per heavy atom. The van der Waals surface area contributed by atoms with Crippen LogP contribution in [0.3, 0.4) is 0 Å². The molecular weight excluding hydrogens is 510 g/mol. The highest BCUT2D eigenvalue weighted by Gasteiger charge is 2.27. The van der Waals surface area contributed by atoms with Gasteiger partial charge in [0.1, 0.15) is 5.82 Å². The van der Waals surface area contributed by atoms with Crippen molar-refractivity contribution in [1.29, 1.82) is 0 Å². The third-order valence-electron chi connectivity index (χ3n) is 5.79. The SMILES string of the molecule is CCNC(=NCc1ccc(N2CCOCC2)c(F)c1)N1CCC(c2cnn(C)c2)C1.I. The summed E-state index contributed by atoms with van der Waals surface area (Å²) in [5.74, 6) is 1.17. The van der Waals surface area contributed by atoms with Crippen LogP contribution in [0.4, 0.5) is 10.1 Å². The van der Waals surface area contributed by atoms with E-state index in [1.54, 1.807) is 6.07 Å². The van der Waals surface area contributed by atoms with Crippen molar-refractivity contribution in [3.05, 3.63) is 47.5 Å². The lowest BCUT2D eigenvalue weighted by Crippen LogP contribution is -2.40. The number of halogens is 2. The summed E-state index contributed by atoms with van der Waals surface area (Å²) in [7, 11) is 1.95. The first kappa shape index (κ1) is 23.8. The summed E-state index contributed by atoms with van der Waals surface area (Å²) in [5.41, 5.74) is 2.80. The number of rotatable bonds is 5. The molecule has 0 saturated carbocycles. The summed E-state index contributed by atoms with van der Waals surface area (Å²) in [4.78, 5) is 9.12. The summed E-state index contributed by atoms with van der Waals surface area (Å²) >= 11 is 0. The Bertz CT molecular complexity index is 883. The third kappa shape index (κ3) is 5.88. The maximum Gasteiger partial charge on any atom is 0.194 e. The molecule has 1 atom stereocenters. The number of morpholine rings is 1. The number of hydrogen-bond donors (Lipinski definition) is 1. The van der Waals surface area contributed by atoms with Gasteiger partial charge in [-0.3, -0.25) is 4.68 Å². The maximum absolute atomic E-state index is 14.7. The number of guanidine groups is 1. The van der Waals surface area contributed by atoms with E-state index in [1.165, 1.54) is 5.56 Å². The average Bonchev–Trinajstić information content (AvgIpc) is 3.41. The molecule has 2 saturated heterocycles. The largest absolute Gasteiger partial charge is 0.378 e. The Kier molecular flexibility index (Phi) is 8.53. The third-order valence-corrected chi connectivity index (χ3v) is 5.79. The van der Waals surface area contributed by atoms with Crippen LogP contribution in [0, 0.1) is 5.82 Å². The second kappa shape index (κ2) is 11.1. The lowest BCUT2D eigenvalue weighted by atomic mass is 10.0. The normalized spacial score (nSPS) is 19.5. The molecule has 31 heavy (non-hydrogen) atoms. The molecule has 2 fully saturated rings. The van der Waals surface area contributed by atoms with E-state index < -0.39 is 0 Å². The molecule has 1 aromatic heterocycles. The van der Waals surface area contributed by atoms with Crippen LogP contribution in [0.25, 0.3) is 0 Å². The van der Waals surface area contributed by atoms with Gasteiger partial charge in [0.15, 0.2) is 5.96 Å². The lowest BCUT2D eigenvalue weighted by molar-refractivity contribution is 0.122.